The molecule has 0 N–H and O–H groups in total. The Morgan fingerprint density at radius 1 is 1.26 bits per heavy atom. The minimum Gasteiger partial charge on any atom is -0.444 e. The molecule has 1 aliphatic carbocycles. The molecule has 19 heavy (non-hydrogen) atoms. The van der Waals surface area contributed by atoms with Gasteiger partial charge in [-0.15, -0.1) is 0 Å². The highest BCUT2D eigenvalue weighted by atomic mass is 16.6. The van der Waals surface area contributed by atoms with Crippen molar-refractivity contribution in [2.24, 2.45) is 5.41 Å². The lowest BCUT2D eigenvalue weighted by molar-refractivity contribution is -0.144. The first-order chi connectivity index (χ1) is 8.81. The Morgan fingerprint density at radius 3 is 2.21 bits per heavy atom. The van der Waals surface area contributed by atoms with Crippen molar-refractivity contribution >= 4 is 11.9 Å². The van der Waals surface area contributed by atoms with Gasteiger partial charge in [-0.3, -0.25) is 4.79 Å². The van der Waals surface area contributed by atoms with Gasteiger partial charge in [0.05, 0.1) is 0 Å². The van der Waals surface area contributed by atoms with Crippen LogP contribution in [0.4, 0.5) is 4.79 Å². The molecular formula is C15H23NO3. The maximum atomic E-state index is 12.3. The molecular weight excluding hydrogens is 242 g/mol. The van der Waals surface area contributed by atoms with E-state index in [1.165, 1.54) is 0 Å². The van der Waals surface area contributed by atoms with Gasteiger partial charge in [0.2, 0.25) is 0 Å². The number of hydrogen-bond acceptors (Lipinski definition) is 3. The topological polar surface area (TPSA) is 46.6 Å². The second-order valence-electron chi connectivity index (χ2n) is 7.38. The summed E-state index contributed by atoms with van der Waals surface area (Å²) >= 11 is 0. The van der Waals surface area contributed by atoms with Crippen molar-refractivity contribution in [3.8, 4) is 0 Å². The standard InChI is InChI=1S/C15H23NO3/c1-14(2,3)19-13(18)16-10-4-5-11(16)9-15(8-10)7-6-12(15)17/h10-11H,4-9H2,1-3H3/t10-,11?,15?/m1/s1. The zero-order valence-corrected chi connectivity index (χ0v) is 12.1. The summed E-state index contributed by atoms with van der Waals surface area (Å²) in [5.74, 6) is 0.424. The van der Waals surface area contributed by atoms with Crippen LogP contribution in [-0.2, 0) is 9.53 Å². The molecule has 2 heterocycles. The lowest BCUT2D eigenvalue weighted by atomic mass is 9.60. The van der Waals surface area contributed by atoms with E-state index in [0.717, 1.165) is 38.5 Å². The van der Waals surface area contributed by atoms with Crippen LogP contribution in [0.25, 0.3) is 0 Å². The van der Waals surface area contributed by atoms with Crippen LogP contribution >= 0.6 is 0 Å². The summed E-state index contributed by atoms with van der Waals surface area (Å²) in [5.41, 5.74) is -0.526. The Bertz CT molecular complexity index is 410. The molecule has 2 bridgehead atoms. The van der Waals surface area contributed by atoms with Crippen LogP contribution in [0.2, 0.25) is 0 Å². The van der Waals surface area contributed by atoms with E-state index in [9.17, 15) is 9.59 Å². The first-order valence-electron chi connectivity index (χ1n) is 7.35. The van der Waals surface area contributed by atoms with Gasteiger partial charge in [-0.1, -0.05) is 0 Å². The zero-order valence-electron chi connectivity index (χ0n) is 12.1. The van der Waals surface area contributed by atoms with Gasteiger partial charge in [-0.05, 0) is 52.9 Å². The van der Waals surface area contributed by atoms with Gasteiger partial charge in [0, 0.05) is 23.9 Å². The Balaban J connectivity index is 1.73. The van der Waals surface area contributed by atoms with Crippen molar-refractivity contribution in [2.45, 2.75) is 77.0 Å². The summed E-state index contributed by atoms with van der Waals surface area (Å²) in [4.78, 5) is 26.1. The number of ether oxygens (including phenoxy) is 1. The van der Waals surface area contributed by atoms with E-state index in [4.69, 9.17) is 4.74 Å². The molecule has 0 radical (unpaired) electrons. The summed E-state index contributed by atoms with van der Waals surface area (Å²) in [6, 6.07) is 0.440. The highest BCUT2D eigenvalue weighted by Crippen LogP contribution is 2.54. The summed E-state index contributed by atoms with van der Waals surface area (Å²) < 4.78 is 5.51. The largest absolute Gasteiger partial charge is 0.444 e. The Hall–Kier alpha value is -1.06. The van der Waals surface area contributed by atoms with E-state index in [0.29, 0.717) is 5.78 Å². The number of fused-ring (bicyclic) bond motifs is 2. The number of carbonyl (C=O) groups is 2. The van der Waals surface area contributed by atoms with Gasteiger partial charge in [-0.2, -0.15) is 0 Å². The molecule has 4 heteroatoms. The quantitative estimate of drug-likeness (QED) is 0.676. The Labute approximate surface area is 114 Å². The maximum Gasteiger partial charge on any atom is 0.410 e. The molecule has 0 aromatic heterocycles. The Kier molecular flexibility index (Phi) is 2.70. The maximum absolute atomic E-state index is 12.3. The van der Waals surface area contributed by atoms with Crippen molar-refractivity contribution in [1.82, 2.24) is 4.90 Å². The molecule has 3 fully saturated rings. The predicted octanol–water partition coefficient (Wildman–Crippen LogP) is 2.90. The summed E-state index contributed by atoms with van der Waals surface area (Å²) in [7, 11) is 0. The minimum atomic E-state index is -0.446. The molecule has 1 amide bonds. The first kappa shape index (κ1) is 12.9. The third-order valence-corrected chi connectivity index (χ3v) is 4.90. The minimum absolute atomic E-state index is 0.0790. The summed E-state index contributed by atoms with van der Waals surface area (Å²) in [6.07, 6.45) is 5.36. The summed E-state index contributed by atoms with van der Waals surface area (Å²) in [5, 5.41) is 0. The van der Waals surface area contributed by atoms with Crippen molar-refractivity contribution in [2.75, 3.05) is 0 Å². The molecule has 4 nitrogen and oxygen atoms in total. The number of carbonyl (C=O) groups excluding carboxylic acids is 2. The van der Waals surface area contributed by atoms with Gasteiger partial charge in [0.15, 0.2) is 0 Å². The second kappa shape index (κ2) is 3.97. The monoisotopic (exact) mass is 265 g/mol. The van der Waals surface area contributed by atoms with Gasteiger partial charge in [0.25, 0.3) is 0 Å². The molecule has 106 valence electrons. The molecule has 2 unspecified atom stereocenters. The average Bonchev–Trinajstić information content (AvgIpc) is 2.57. The number of rotatable bonds is 0. The van der Waals surface area contributed by atoms with Crippen LogP contribution in [0.3, 0.4) is 0 Å². The van der Waals surface area contributed by atoms with Gasteiger partial charge < -0.3 is 9.64 Å². The van der Waals surface area contributed by atoms with E-state index in [-0.39, 0.29) is 23.6 Å². The van der Waals surface area contributed by atoms with Gasteiger partial charge in [-0.25, -0.2) is 4.79 Å². The molecule has 2 saturated heterocycles. The molecule has 1 saturated carbocycles. The van der Waals surface area contributed by atoms with Crippen molar-refractivity contribution in [1.29, 1.82) is 0 Å². The lowest BCUT2D eigenvalue weighted by Gasteiger charge is -2.50. The molecule has 1 spiro atoms. The lowest BCUT2D eigenvalue weighted by Crippen LogP contribution is -2.56. The van der Waals surface area contributed by atoms with Gasteiger partial charge >= 0.3 is 6.09 Å². The van der Waals surface area contributed by atoms with Crippen LogP contribution in [-0.4, -0.2) is 34.5 Å². The van der Waals surface area contributed by atoms with Gasteiger partial charge in [0.1, 0.15) is 11.4 Å². The predicted molar refractivity (Wildman–Crippen MR) is 70.8 cm³/mol. The fraction of sp³-hybridized carbons (Fsp3) is 0.867. The Morgan fingerprint density at radius 2 is 1.84 bits per heavy atom. The smallest absolute Gasteiger partial charge is 0.410 e. The molecule has 2 aliphatic heterocycles. The van der Waals surface area contributed by atoms with E-state index < -0.39 is 5.60 Å². The third-order valence-electron chi connectivity index (χ3n) is 4.90. The highest BCUT2D eigenvalue weighted by Gasteiger charge is 2.57. The van der Waals surface area contributed by atoms with Crippen molar-refractivity contribution in [3.63, 3.8) is 0 Å². The fourth-order valence-electron chi connectivity index (χ4n) is 3.97. The number of amides is 1. The molecule has 0 aromatic carbocycles. The SMILES string of the molecule is CC(C)(C)OC(=O)N1C2CC[C@@H]1CC1(CCC1=O)C2. The second-order valence-corrected chi connectivity index (χ2v) is 7.38. The van der Waals surface area contributed by atoms with E-state index in [2.05, 4.69) is 0 Å². The number of piperidine rings is 1. The first-order valence-corrected chi connectivity index (χ1v) is 7.35. The normalized spacial score (nSPS) is 37.4. The summed E-state index contributed by atoms with van der Waals surface area (Å²) in [6.45, 7) is 5.69. The molecule has 3 atom stereocenters. The molecule has 0 aromatic rings. The van der Waals surface area contributed by atoms with E-state index in [1.807, 2.05) is 25.7 Å². The molecule has 3 rings (SSSR count). The van der Waals surface area contributed by atoms with E-state index >= 15 is 0 Å². The van der Waals surface area contributed by atoms with Crippen LogP contribution in [0, 0.1) is 5.41 Å². The van der Waals surface area contributed by atoms with Crippen LogP contribution in [0.1, 0.15) is 59.3 Å². The number of Topliss-reactive ketones (excluding diaryl/α,β-unsaturated/α-hetero) is 1. The number of ketones is 1. The highest BCUT2D eigenvalue weighted by molar-refractivity contribution is 5.91. The number of hydrogen-bond donors (Lipinski definition) is 0. The van der Waals surface area contributed by atoms with Crippen molar-refractivity contribution in [3.05, 3.63) is 0 Å². The average molecular weight is 265 g/mol. The number of nitrogens with zero attached hydrogens (tertiary/aromatic N) is 1. The third kappa shape index (κ3) is 2.05. The van der Waals surface area contributed by atoms with E-state index in [1.54, 1.807) is 0 Å². The van der Waals surface area contributed by atoms with Crippen LogP contribution in [0.5, 0.6) is 0 Å². The van der Waals surface area contributed by atoms with Crippen LogP contribution in [0.15, 0.2) is 0 Å². The van der Waals surface area contributed by atoms with Crippen molar-refractivity contribution < 1.29 is 14.3 Å². The zero-order chi connectivity index (χ0) is 13.8. The van der Waals surface area contributed by atoms with Crippen LogP contribution < -0.4 is 0 Å². The fourth-order valence-corrected chi connectivity index (χ4v) is 3.97. The molecule has 3 aliphatic rings.